The van der Waals surface area contributed by atoms with Crippen LogP contribution in [0.25, 0.3) is 5.57 Å². The van der Waals surface area contributed by atoms with Gasteiger partial charge in [0, 0.05) is 30.7 Å². The van der Waals surface area contributed by atoms with E-state index in [1.165, 1.54) is 0 Å². The van der Waals surface area contributed by atoms with E-state index in [0.717, 1.165) is 22.6 Å². The Hall–Kier alpha value is -2.50. The Morgan fingerprint density at radius 3 is 2.62 bits per heavy atom. The standard InChI is InChI=1S/C14H15N5O.2C2H6/c1-2-15-13(20)5-12-14-10(3-4-16-12)11(8-17-14)9-6-18-19-7-9;2*1-2/h3-4,6-8,10H,2,5H2,1H3,(H,15,20)(H,18,19);2*1-2H3. The number of hydrogen-bond donors (Lipinski definition) is 2. The van der Waals surface area contributed by atoms with E-state index in [9.17, 15) is 4.79 Å². The smallest absolute Gasteiger partial charge is 0.226 e. The third-order valence-corrected chi connectivity index (χ3v) is 3.31. The lowest BCUT2D eigenvalue weighted by atomic mass is 9.88. The summed E-state index contributed by atoms with van der Waals surface area (Å²) in [4.78, 5) is 20.4. The molecule has 3 heterocycles. The topological polar surface area (TPSA) is 82.5 Å². The van der Waals surface area contributed by atoms with Crippen LogP contribution in [0.15, 0.2) is 40.9 Å². The molecule has 6 heteroatoms. The van der Waals surface area contributed by atoms with Gasteiger partial charge in [-0.15, -0.1) is 0 Å². The fourth-order valence-corrected chi connectivity index (χ4v) is 2.39. The van der Waals surface area contributed by atoms with Crippen molar-refractivity contribution in [3.8, 4) is 0 Å². The van der Waals surface area contributed by atoms with Crippen molar-refractivity contribution in [1.29, 1.82) is 0 Å². The number of carbonyl (C=O) groups is 1. The summed E-state index contributed by atoms with van der Waals surface area (Å²) in [6.45, 7) is 10.5. The molecule has 2 N–H and O–H groups in total. The molecule has 0 aliphatic carbocycles. The second-order valence-electron chi connectivity index (χ2n) is 4.61. The van der Waals surface area contributed by atoms with E-state index in [-0.39, 0.29) is 18.2 Å². The summed E-state index contributed by atoms with van der Waals surface area (Å²) < 4.78 is 0. The normalized spacial score (nSPS) is 17.2. The molecule has 0 bridgehead atoms. The van der Waals surface area contributed by atoms with E-state index in [1.807, 2.05) is 53.1 Å². The molecule has 6 nitrogen and oxygen atoms in total. The zero-order valence-electron chi connectivity index (χ0n) is 15.1. The molecule has 1 aromatic rings. The highest BCUT2D eigenvalue weighted by atomic mass is 16.1. The van der Waals surface area contributed by atoms with Crippen LogP contribution in [0.1, 0.15) is 46.6 Å². The number of amides is 1. The molecule has 24 heavy (non-hydrogen) atoms. The van der Waals surface area contributed by atoms with Crippen molar-refractivity contribution in [3.63, 3.8) is 0 Å². The average molecular weight is 329 g/mol. The molecular weight excluding hydrogens is 302 g/mol. The summed E-state index contributed by atoms with van der Waals surface area (Å²) in [5.74, 6) is 0.0364. The number of carbonyl (C=O) groups excluding carboxylic acids is 1. The summed E-state index contributed by atoms with van der Waals surface area (Å²) in [5.41, 5.74) is 3.68. The largest absolute Gasteiger partial charge is 0.356 e. The molecule has 0 fully saturated rings. The molecule has 1 atom stereocenters. The number of aromatic nitrogens is 2. The van der Waals surface area contributed by atoms with Crippen LogP contribution in [0.3, 0.4) is 0 Å². The van der Waals surface area contributed by atoms with Crippen molar-refractivity contribution in [3.05, 3.63) is 36.4 Å². The predicted molar refractivity (Wildman–Crippen MR) is 100 cm³/mol. The van der Waals surface area contributed by atoms with Gasteiger partial charge in [0.05, 0.1) is 30.0 Å². The Balaban J connectivity index is 0.000000671. The molecule has 0 aromatic carbocycles. The zero-order chi connectivity index (χ0) is 17.9. The highest BCUT2D eigenvalue weighted by Gasteiger charge is 2.30. The number of aromatic amines is 1. The molecule has 1 unspecified atom stereocenters. The lowest BCUT2D eigenvalue weighted by Crippen LogP contribution is -2.31. The second-order valence-corrected chi connectivity index (χ2v) is 4.61. The maximum absolute atomic E-state index is 11.7. The maximum atomic E-state index is 11.7. The van der Waals surface area contributed by atoms with Crippen molar-refractivity contribution in [2.45, 2.75) is 41.0 Å². The van der Waals surface area contributed by atoms with Gasteiger partial charge in [-0.2, -0.15) is 5.10 Å². The lowest BCUT2D eigenvalue weighted by molar-refractivity contribution is -0.119. The van der Waals surface area contributed by atoms with Gasteiger partial charge in [0.2, 0.25) is 5.91 Å². The molecule has 2 aliphatic heterocycles. The minimum absolute atomic E-state index is 0.0280. The van der Waals surface area contributed by atoms with E-state index < -0.39 is 0 Å². The van der Waals surface area contributed by atoms with Gasteiger partial charge in [0.25, 0.3) is 0 Å². The van der Waals surface area contributed by atoms with Gasteiger partial charge in [-0.1, -0.05) is 33.8 Å². The first-order valence-corrected chi connectivity index (χ1v) is 8.57. The van der Waals surface area contributed by atoms with Crippen LogP contribution in [0.4, 0.5) is 0 Å². The third-order valence-electron chi connectivity index (χ3n) is 3.31. The molecule has 0 radical (unpaired) electrons. The van der Waals surface area contributed by atoms with Crippen LogP contribution in [-0.4, -0.2) is 34.1 Å². The van der Waals surface area contributed by atoms with Crippen molar-refractivity contribution in [2.24, 2.45) is 15.9 Å². The van der Waals surface area contributed by atoms with Crippen molar-refractivity contribution in [1.82, 2.24) is 15.5 Å². The lowest BCUT2D eigenvalue weighted by Gasteiger charge is -2.17. The van der Waals surface area contributed by atoms with Crippen LogP contribution in [0.5, 0.6) is 0 Å². The zero-order valence-corrected chi connectivity index (χ0v) is 15.1. The van der Waals surface area contributed by atoms with Crippen LogP contribution < -0.4 is 5.32 Å². The second kappa shape index (κ2) is 10.3. The number of nitrogens with zero attached hydrogens (tertiary/aromatic N) is 3. The number of aliphatic imine (C=N–C) groups is 2. The van der Waals surface area contributed by atoms with E-state index >= 15 is 0 Å². The van der Waals surface area contributed by atoms with Crippen LogP contribution >= 0.6 is 0 Å². The molecule has 2 aliphatic rings. The number of nitrogens with one attached hydrogen (secondary N) is 2. The molecule has 1 aromatic heterocycles. The van der Waals surface area contributed by atoms with Gasteiger partial charge >= 0.3 is 0 Å². The van der Waals surface area contributed by atoms with Crippen molar-refractivity contribution >= 4 is 22.9 Å². The first kappa shape index (κ1) is 19.5. The summed E-state index contributed by atoms with van der Waals surface area (Å²) >= 11 is 0. The average Bonchev–Trinajstić information content (AvgIpc) is 3.28. The molecule has 0 spiro atoms. The fourth-order valence-electron chi connectivity index (χ4n) is 2.39. The molecule has 130 valence electrons. The number of allylic oxidation sites excluding steroid dienone is 2. The number of hydrogen-bond acceptors (Lipinski definition) is 4. The minimum Gasteiger partial charge on any atom is -0.356 e. The highest BCUT2D eigenvalue weighted by molar-refractivity contribution is 6.49. The van der Waals surface area contributed by atoms with Crippen LogP contribution in [0, 0.1) is 5.92 Å². The van der Waals surface area contributed by atoms with Gasteiger partial charge < -0.3 is 5.32 Å². The number of rotatable bonds is 4. The Morgan fingerprint density at radius 1 is 1.25 bits per heavy atom. The third kappa shape index (κ3) is 4.50. The summed E-state index contributed by atoms with van der Waals surface area (Å²) in [6, 6.07) is 0. The van der Waals surface area contributed by atoms with Crippen molar-refractivity contribution < 1.29 is 4.79 Å². The number of fused-ring (bicyclic) bond motifs is 1. The summed E-state index contributed by atoms with van der Waals surface area (Å²) in [7, 11) is 0. The van der Waals surface area contributed by atoms with Gasteiger partial charge in [0.15, 0.2) is 0 Å². The molecular formula is C18H27N5O. The summed E-state index contributed by atoms with van der Waals surface area (Å²) in [6.07, 6.45) is 9.44. The molecule has 0 saturated carbocycles. The summed E-state index contributed by atoms with van der Waals surface area (Å²) in [5, 5.41) is 9.54. The van der Waals surface area contributed by atoms with Gasteiger partial charge in [-0.25, -0.2) is 0 Å². The fraction of sp³-hybridized carbons (Fsp3) is 0.444. The monoisotopic (exact) mass is 329 g/mol. The van der Waals surface area contributed by atoms with E-state index in [2.05, 4.69) is 25.5 Å². The number of H-pyrrole nitrogens is 1. The SMILES string of the molecule is CC.CC.CCNC(=O)CC1=NC=CC2C(c3cn[nH]c3)=CN=C12. The Morgan fingerprint density at radius 2 is 2.00 bits per heavy atom. The quantitative estimate of drug-likeness (QED) is 0.888. The molecule has 1 amide bonds. The van der Waals surface area contributed by atoms with Crippen LogP contribution in [-0.2, 0) is 4.79 Å². The van der Waals surface area contributed by atoms with Crippen molar-refractivity contribution in [2.75, 3.05) is 6.54 Å². The first-order valence-electron chi connectivity index (χ1n) is 8.57. The first-order chi connectivity index (χ1) is 11.8. The molecule has 0 saturated heterocycles. The van der Waals surface area contributed by atoms with Gasteiger partial charge in [-0.3, -0.25) is 19.9 Å². The van der Waals surface area contributed by atoms with E-state index in [0.29, 0.717) is 6.54 Å². The Kier molecular flexibility index (Phi) is 8.39. The van der Waals surface area contributed by atoms with Crippen LogP contribution in [0.2, 0.25) is 0 Å². The molecule has 3 rings (SSSR count). The maximum Gasteiger partial charge on any atom is 0.226 e. The van der Waals surface area contributed by atoms with Gasteiger partial charge in [0.1, 0.15) is 0 Å². The Bertz CT molecular complexity index is 638. The van der Waals surface area contributed by atoms with E-state index in [1.54, 1.807) is 12.4 Å². The predicted octanol–water partition coefficient (Wildman–Crippen LogP) is 3.37. The minimum atomic E-state index is -0.0280. The Labute approximate surface area is 143 Å². The highest BCUT2D eigenvalue weighted by Crippen LogP contribution is 2.32. The van der Waals surface area contributed by atoms with E-state index in [4.69, 9.17) is 0 Å². The van der Waals surface area contributed by atoms with Gasteiger partial charge in [-0.05, 0) is 12.5 Å².